The Morgan fingerprint density at radius 2 is 2.32 bits per heavy atom. The fraction of sp³-hybridized carbons (Fsp3) is 0.182. The Bertz CT molecular complexity index is 602. The van der Waals surface area contributed by atoms with Crippen LogP contribution in [0.2, 0.25) is 0 Å². The van der Waals surface area contributed by atoms with Crippen molar-refractivity contribution in [1.29, 1.82) is 0 Å². The van der Waals surface area contributed by atoms with Gasteiger partial charge in [-0.05, 0) is 19.1 Å². The van der Waals surface area contributed by atoms with Gasteiger partial charge in [-0.3, -0.25) is 4.79 Å². The van der Waals surface area contributed by atoms with Crippen LogP contribution in [0.15, 0.2) is 22.5 Å². The van der Waals surface area contributed by atoms with Gasteiger partial charge in [0.2, 0.25) is 11.0 Å². The lowest BCUT2D eigenvalue weighted by molar-refractivity contribution is -0.113. The number of nitrogen functional groups attached to an aromatic ring is 1. The summed E-state index contributed by atoms with van der Waals surface area (Å²) in [5.74, 6) is -0.403. The fourth-order valence-corrected chi connectivity index (χ4v) is 2.77. The standard InChI is InChI=1S/C11H11FN4OS2/c1-6-7(12)3-2-4-8(6)14-9(17)5-18-11-16-15-10(13)19-11/h2-4H,5H2,1H3,(H2,13,15)(H,14,17). The van der Waals surface area contributed by atoms with Crippen LogP contribution in [0.3, 0.4) is 0 Å². The summed E-state index contributed by atoms with van der Waals surface area (Å²) in [6.07, 6.45) is 0. The molecule has 3 N–H and O–H groups in total. The number of rotatable bonds is 4. The molecule has 0 atom stereocenters. The first kappa shape index (κ1) is 13.8. The molecule has 2 aromatic rings. The zero-order valence-corrected chi connectivity index (χ0v) is 11.6. The van der Waals surface area contributed by atoms with E-state index in [-0.39, 0.29) is 17.5 Å². The second-order valence-electron chi connectivity index (χ2n) is 3.66. The number of carbonyl (C=O) groups excluding carboxylic acids is 1. The molecular weight excluding hydrogens is 287 g/mol. The number of nitrogens with zero attached hydrogens (tertiary/aromatic N) is 2. The lowest BCUT2D eigenvalue weighted by Gasteiger charge is -2.07. The third kappa shape index (κ3) is 3.65. The number of nitrogens with one attached hydrogen (secondary N) is 1. The van der Waals surface area contributed by atoms with E-state index in [9.17, 15) is 9.18 Å². The summed E-state index contributed by atoms with van der Waals surface area (Å²) in [4.78, 5) is 11.7. The van der Waals surface area contributed by atoms with Gasteiger partial charge in [-0.15, -0.1) is 10.2 Å². The van der Waals surface area contributed by atoms with Gasteiger partial charge in [-0.25, -0.2) is 4.39 Å². The van der Waals surface area contributed by atoms with Gasteiger partial charge in [0.1, 0.15) is 5.82 Å². The maximum atomic E-state index is 13.3. The van der Waals surface area contributed by atoms with Crippen molar-refractivity contribution in [2.24, 2.45) is 0 Å². The minimum absolute atomic E-state index is 0.171. The van der Waals surface area contributed by atoms with Crippen molar-refractivity contribution in [3.05, 3.63) is 29.6 Å². The molecule has 0 unspecified atom stereocenters. The summed E-state index contributed by atoms with van der Waals surface area (Å²) in [7, 11) is 0. The maximum Gasteiger partial charge on any atom is 0.234 e. The highest BCUT2D eigenvalue weighted by molar-refractivity contribution is 8.01. The van der Waals surface area contributed by atoms with E-state index < -0.39 is 0 Å². The third-order valence-electron chi connectivity index (χ3n) is 2.29. The van der Waals surface area contributed by atoms with Gasteiger partial charge < -0.3 is 11.1 Å². The second kappa shape index (κ2) is 5.98. The molecule has 0 aliphatic heterocycles. The number of hydrogen-bond donors (Lipinski definition) is 2. The first-order valence-corrected chi connectivity index (χ1v) is 7.13. The molecule has 0 saturated heterocycles. The molecule has 0 spiro atoms. The van der Waals surface area contributed by atoms with E-state index in [1.54, 1.807) is 19.1 Å². The molecule has 0 bridgehead atoms. The predicted molar refractivity (Wildman–Crippen MR) is 74.8 cm³/mol. The van der Waals surface area contributed by atoms with Gasteiger partial charge >= 0.3 is 0 Å². The van der Waals surface area contributed by atoms with Crippen molar-refractivity contribution in [2.45, 2.75) is 11.3 Å². The van der Waals surface area contributed by atoms with Gasteiger partial charge in [0.15, 0.2) is 4.34 Å². The summed E-state index contributed by atoms with van der Waals surface area (Å²) >= 11 is 2.46. The maximum absolute atomic E-state index is 13.3. The Morgan fingerprint density at radius 3 is 3.00 bits per heavy atom. The predicted octanol–water partition coefficient (Wildman–Crippen LogP) is 2.30. The van der Waals surface area contributed by atoms with E-state index in [1.165, 1.54) is 29.2 Å². The zero-order chi connectivity index (χ0) is 13.8. The van der Waals surface area contributed by atoms with Crippen molar-refractivity contribution in [2.75, 3.05) is 16.8 Å². The lowest BCUT2D eigenvalue weighted by atomic mass is 10.2. The SMILES string of the molecule is Cc1c(F)cccc1NC(=O)CSc1nnc(N)s1. The van der Waals surface area contributed by atoms with Gasteiger partial charge in [-0.2, -0.15) is 0 Å². The third-order valence-corrected chi connectivity index (χ3v) is 4.18. The number of anilines is 2. The van der Waals surface area contributed by atoms with E-state index in [4.69, 9.17) is 5.73 Å². The highest BCUT2D eigenvalue weighted by atomic mass is 32.2. The van der Waals surface area contributed by atoms with Crippen LogP contribution in [0.4, 0.5) is 15.2 Å². The summed E-state index contributed by atoms with van der Waals surface area (Å²) in [6.45, 7) is 1.61. The molecule has 0 saturated carbocycles. The largest absolute Gasteiger partial charge is 0.374 e. The minimum Gasteiger partial charge on any atom is -0.374 e. The van der Waals surface area contributed by atoms with Crippen LogP contribution >= 0.6 is 23.1 Å². The lowest BCUT2D eigenvalue weighted by Crippen LogP contribution is -2.15. The molecule has 1 heterocycles. The van der Waals surface area contributed by atoms with E-state index in [2.05, 4.69) is 15.5 Å². The first-order valence-electron chi connectivity index (χ1n) is 5.33. The Labute approximate surface area is 117 Å². The van der Waals surface area contributed by atoms with Crippen LogP contribution < -0.4 is 11.1 Å². The quantitative estimate of drug-likeness (QED) is 0.847. The van der Waals surface area contributed by atoms with Gasteiger partial charge in [-0.1, -0.05) is 29.2 Å². The topological polar surface area (TPSA) is 80.9 Å². The summed E-state index contributed by atoms with van der Waals surface area (Å²) < 4.78 is 13.9. The molecule has 5 nitrogen and oxygen atoms in total. The molecule has 0 radical (unpaired) electrons. The first-order chi connectivity index (χ1) is 9.06. The van der Waals surface area contributed by atoms with Crippen molar-refractivity contribution >= 4 is 39.8 Å². The number of halogens is 1. The van der Waals surface area contributed by atoms with Gasteiger partial charge in [0.05, 0.1) is 5.75 Å². The average molecular weight is 298 g/mol. The smallest absolute Gasteiger partial charge is 0.234 e. The molecule has 19 heavy (non-hydrogen) atoms. The summed E-state index contributed by atoms with van der Waals surface area (Å²) in [6, 6.07) is 4.56. The molecular formula is C11H11FN4OS2. The summed E-state index contributed by atoms with van der Waals surface area (Å²) in [5, 5.41) is 10.5. The van der Waals surface area contributed by atoms with Crippen LogP contribution in [0.25, 0.3) is 0 Å². The molecule has 8 heteroatoms. The molecule has 100 valence electrons. The van der Waals surface area contributed by atoms with E-state index in [0.717, 1.165) is 0 Å². The zero-order valence-electron chi connectivity index (χ0n) is 10.0. The molecule has 2 rings (SSSR count). The molecule has 0 fully saturated rings. The van der Waals surface area contributed by atoms with Crippen LogP contribution in [0.5, 0.6) is 0 Å². The van der Waals surface area contributed by atoms with Crippen molar-refractivity contribution in [3.8, 4) is 0 Å². The number of aromatic nitrogens is 2. The fourth-order valence-electron chi connectivity index (χ4n) is 1.34. The molecule has 0 aliphatic rings. The van der Waals surface area contributed by atoms with E-state index in [0.29, 0.717) is 20.7 Å². The van der Waals surface area contributed by atoms with Gasteiger partial charge in [0, 0.05) is 11.3 Å². The van der Waals surface area contributed by atoms with Crippen LogP contribution in [-0.2, 0) is 4.79 Å². The van der Waals surface area contributed by atoms with Crippen LogP contribution in [0.1, 0.15) is 5.56 Å². The number of benzene rings is 1. The van der Waals surface area contributed by atoms with Gasteiger partial charge in [0.25, 0.3) is 0 Å². The van der Waals surface area contributed by atoms with Crippen molar-refractivity contribution in [1.82, 2.24) is 10.2 Å². The van der Waals surface area contributed by atoms with Crippen molar-refractivity contribution in [3.63, 3.8) is 0 Å². The van der Waals surface area contributed by atoms with Crippen LogP contribution in [0, 0.1) is 12.7 Å². The average Bonchev–Trinajstić information content (AvgIpc) is 2.78. The number of carbonyl (C=O) groups is 1. The minimum atomic E-state index is -0.345. The number of hydrogen-bond acceptors (Lipinski definition) is 6. The molecule has 0 aliphatic carbocycles. The highest BCUT2D eigenvalue weighted by Gasteiger charge is 2.09. The Morgan fingerprint density at radius 1 is 1.53 bits per heavy atom. The monoisotopic (exact) mass is 298 g/mol. The number of nitrogens with two attached hydrogens (primary N) is 1. The van der Waals surface area contributed by atoms with E-state index >= 15 is 0 Å². The van der Waals surface area contributed by atoms with E-state index in [1.807, 2.05) is 0 Å². The van der Waals surface area contributed by atoms with Crippen molar-refractivity contribution < 1.29 is 9.18 Å². The number of thioether (sulfide) groups is 1. The Hall–Kier alpha value is -1.67. The van der Waals surface area contributed by atoms with Crippen LogP contribution in [-0.4, -0.2) is 21.9 Å². The number of amides is 1. The Balaban J connectivity index is 1.92. The Kier molecular flexibility index (Phi) is 4.33. The highest BCUT2D eigenvalue weighted by Crippen LogP contribution is 2.24. The molecule has 1 aromatic carbocycles. The molecule has 1 aromatic heterocycles. The normalized spacial score (nSPS) is 10.4. The summed E-state index contributed by atoms with van der Waals surface area (Å²) in [5.41, 5.74) is 6.33. The second-order valence-corrected chi connectivity index (χ2v) is 5.89. The molecule has 1 amide bonds.